The Labute approximate surface area is 140 Å². The van der Waals surface area contributed by atoms with Gasteiger partial charge in [-0.3, -0.25) is 0 Å². The molecule has 3 rings (SSSR count). The quantitative estimate of drug-likeness (QED) is 0.832. The topological polar surface area (TPSA) is 59.0 Å². The summed E-state index contributed by atoms with van der Waals surface area (Å²) in [6.07, 6.45) is 1.73. The lowest BCUT2D eigenvalue weighted by atomic mass is 10.0. The molecule has 122 valence electrons. The highest BCUT2D eigenvalue weighted by Crippen LogP contribution is 2.38. The van der Waals surface area contributed by atoms with Gasteiger partial charge in [-0.1, -0.05) is 18.2 Å². The van der Waals surface area contributed by atoms with Gasteiger partial charge in [0.2, 0.25) is 10.0 Å². The minimum Gasteiger partial charge on any atom is -0.493 e. The normalized spacial score (nSPS) is 18.1. The minimum atomic E-state index is -3.43. The van der Waals surface area contributed by atoms with Crippen LogP contribution in [-0.4, -0.2) is 31.4 Å². The Balaban J connectivity index is 2.02. The van der Waals surface area contributed by atoms with Crippen molar-refractivity contribution < 1.29 is 13.2 Å². The van der Waals surface area contributed by atoms with Crippen molar-refractivity contribution in [2.45, 2.75) is 19.4 Å². The first-order valence-corrected chi connectivity index (χ1v) is 10.1. The molecule has 7 heteroatoms. The number of nitrogens with zero attached hydrogens (tertiary/aromatic N) is 2. The third-order valence-electron chi connectivity index (χ3n) is 3.58. The summed E-state index contributed by atoms with van der Waals surface area (Å²) in [5, 5.41) is 6.34. The van der Waals surface area contributed by atoms with Gasteiger partial charge in [0.1, 0.15) is 11.8 Å². The molecule has 0 bridgehead atoms. The van der Waals surface area contributed by atoms with E-state index in [1.54, 1.807) is 11.3 Å². The van der Waals surface area contributed by atoms with Crippen LogP contribution >= 0.6 is 11.3 Å². The highest BCUT2D eigenvalue weighted by molar-refractivity contribution is 7.88. The largest absolute Gasteiger partial charge is 0.493 e. The lowest BCUT2D eigenvalue weighted by molar-refractivity contribution is 0.339. The predicted molar refractivity (Wildman–Crippen MR) is 92.5 cm³/mol. The number of ether oxygens (including phenoxy) is 1. The number of hydrazone groups is 1. The molecular weight excluding hydrogens is 332 g/mol. The third-order valence-corrected chi connectivity index (χ3v) is 5.57. The van der Waals surface area contributed by atoms with Crippen LogP contribution in [0.3, 0.4) is 0 Å². The van der Waals surface area contributed by atoms with E-state index >= 15 is 0 Å². The van der Waals surface area contributed by atoms with Gasteiger partial charge in [0, 0.05) is 16.9 Å². The molecule has 1 aromatic carbocycles. The summed E-state index contributed by atoms with van der Waals surface area (Å²) in [6, 6.07) is 11.2. The monoisotopic (exact) mass is 350 g/mol. The Kier molecular flexibility index (Phi) is 4.41. The van der Waals surface area contributed by atoms with Crippen LogP contribution in [-0.2, 0) is 10.0 Å². The van der Waals surface area contributed by atoms with Gasteiger partial charge in [0.15, 0.2) is 0 Å². The van der Waals surface area contributed by atoms with Gasteiger partial charge in [0.05, 0.1) is 18.6 Å². The van der Waals surface area contributed by atoms with Gasteiger partial charge in [-0.25, -0.2) is 8.42 Å². The summed E-state index contributed by atoms with van der Waals surface area (Å²) in [6.45, 7) is 2.47. The first kappa shape index (κ1) is 16.0. The van der Waals surface area contributed by atoms with Gasteiger partial charge in [0.25, 0.3) is 0 Å². The van der Waals surface area contributed by atoms with Crippen molar-refractivity contribution in [3.8, 4) is 5.75 Å². The average Bonchev–Trinajstić information content (AvgIpc) is 3.17. The van der Waals surface area contributed by atoms with Crippen LogP contribution in [0.4, 0.5) is 0 Å². The number of benzene rings is 1. The molecule has 0 N–H and O–H groups in total. The van der Waals surface area contributed by atoms with E-state index in [4.69, 9.17) is 4.74 Å². The number of hydrogen-bond acceptors (Lipinski definition) is 5. The highest BCUT2D eigenvalue weighted by atomic mass is 32.2. The second kappa shape index (κ2) is 6.33. The predicted octanol–water partition coefficient (Wildman–Crippen LogP) is 3.26. The Morgan fingerprint density at radius 1 is 1.30 bits per heavy atom. The zero-order valence-electron chi connectivity index (χ0n) is 13.0. The summed E-state index contributed by atoms with van der Waals surface area (Å²) in [5.74, 6) is 0.731. The van der Waals surface area contributed by atoms with E-state index in [1.165, 1.54) is 10.7 Å². The highest BCUT2D eigenvalue weighted by Gasteiger charge is 2.35. The first-order chi connectivity index (χ1) is 11.0. The Morgan fingerprint density at radius 3 is 2.74 bits per heavy atom. The molecular formula is C16H18N2O3S2. The van der Waals surface area contributed by atoms with Crippen molar-refractivity contribution in [2.24, 2.45) is 5.10 Å². The second-order valence-corrected chi connectivity index (χ2v) is 8.07. The molecule has 0 aliphatic carbocycles. The lowest BCUT2D eigenvalue weighted by Gasteiger charge is -2.19. The van der Waals surface area contributed by atoms with E-state index in [9.17, 15) is 8.42 Å². The molecule has 1 aromatic heterocycles. The summed E-state index contributed by atoms with van der Waals surface area (Å²) in [7, 11) is -3.43. The number of para-hydroxylation sites is 1. The van der Waals surface area contributed by atoms with Crippen molar-refractivity contribution in [3.05, 3.63) is 52.2 Å². The molecule has 1 aliphatic rings. The van der Waals surface area contributed by atoms with Crippen LogP contribution in [0, 0.1) is 0 Å². The van der Waals surface area contributed by atoms with Crippen molar-refractivity contribution in [2.75, 3.05) is 12.9 Å². The molecule has 23 heavy (non-hydrogen) atoms. The van der Waals surface area contributed by atoms with E-state index in [0.717, 1.165) is 21.9 Å². The van der Waals surface area contributed by atoms with Crippen LogP contribution in [0.2, 0.25) is 0 Å². The molecule has 1 atom stereocenters. The van der Waals surface area contributed by atoms with Crippen LogP contribution in [0.5, 0.6) is 5.75 Å². The molecule has 0 spiro atoms. The number of rotatable bonds is 5. The van der Waals surface area contributed by atoms with E-state index < -0.39 is 10.0 Å². The smallest absolute Gasteiger partial charge is 0.247 e. The van der Waals surface area contributed by atoms with Gasteiger partial charge in [-0.2, -0.15) is 9.52 Å². The third kappa shape index (κ3) is 3.25. The molecule has 0 fully saturated rings. The Morgan fingerprint density at radius 2 is 2.09 bits per heavy atom. The van der Waals surface area contributed by atoms with E-state index in [0.29, 0.717) is 13.0 Å². The van der Waals surface area contributed by atoms with Crippen molar-refractivity contribution >= 4 is 27.1 Å². The molecule has 0 saturated heterocycles. The van der Waals surface area contributed by atoms with E-state index in [1.807, 2.05) is 48.7 Å². The van der Waals surface area contributed by atoms with E-state index in [2.05, 4.69) is 5.10 Å². The summed E-state index contributed by atoms with van der Waals surface area (Å²) in [5.41, 5.74) is 1.58. The number of hydrogen-bond donors (Lipinski definition) is 0. The SMILES string of the molecule is CCOc1ccccc1C1=NN(S(C)(=O)=O)[C@@H](c2cccs2)C1. The molecule has 0 unspecified atom stereocenters. The maximum absolute atomic E-state index is 12.1. The van der Waals surface area contributed by atoms with Gasteiger partial charge >= 0.3 is 0 Å². The van der Waals surface area contributed by atoms with Gasteiger partial charge in [-0.15, -0.1) is 11.3 Å². The fraction of sp³-hybridized carbons (Fsp3) is 0.312. The molecule has 0 radical (unpaired) electrons. The lowest BCUT2D eigenvalue weighted by Crippen LogP contribution is -2.25. The van der Waals surface area contributed by atoms with Crippen molar-refractivity contribution in [3.63, 3.8) is 0 Å². The first-order valence-electron chi connectivity index (χ1n) is 7.33. The fourth-order valence-corrected chi connectivity index (χ4v) is 4.41. The molecule has 0 amide bonds. The number of thiophene rings is 1. The molecule has 2 aromatic rings. The molecule has 0 saturated carbocycles. The minimum absolute atomic E-state index is 0.283. The summed E-state index contributed by atoms with van der Waals surface area (Å²) in [4.78, 5) is 0.989. The van der Waals surface area contributed by atoms with Crippen LogP contribution in [0.15, 0.2) is 46.9 Å². The standard InChI is InChI=1S/C16H18N2O3S2/c1-3-21-15-8-5-4-7-12(15)13-11-14(16-9-6-10-22-16)18(17-13)23(2,19)20/h4-10,14H,3,11H2,1-2H3/t14-/m1/s1. The average molecular weight is 350 g/mol. The molecule has 2 heterocycles. The van der Waals surface area contributed by atoms with Crippen LogP contribution < -0.4 is 4.74 Å². The summed E-state index contributed by atoms with van der Waals surface area (Å²) < 4.78 is 31.1. The zero-order chi connectivity index (χ0) is 16.4. The van der Waals surface area contributed by atoms with Crippen LogP contribution in [0.25, 0.3) is 0 Å². The van der Waals surface area contributed by atoms with Crippen LogP contribution in [0.1, 0.15) is 29.8 Å². The summed E-state index contributed by atoms with van der Waals surface area (Å²) >= 11 is 1.54. The van der Waals surface area contributed by atoms with Crippen molar-refractivity contribution in [1.29, 1.82) is 0 Å². The maximum atomic E-state index is 12.1. The van der Waals surface area contributed by atoms with E-state index in [-0.39, 0.29) is 6.04 Å². The van der Waals surface area contributed by atoms with Gasteiger partial charge in [-0.05, 0) is 30.5 Å². The van der Waals surface area contributed by atoms with Crippen molar-refractivity contribution in [1.82, 2.24) is 4.41 Å². The zero-order valence-corrected chi connectivity index (χ0v) is 14.6. The maximum Gasteiger partial charge on any atom is 0.247 e. The number of sulfonamides is 1. The molecule has 1 aliphatic heterocycles. The fourth-order valence-electron chi connectivity index (χ4n) is 2.64. The second-order valence-electron chi connectivity index (χ2n) is 5.25. The molecule has 5 nitrogen and oxygen atoms in total. The Bertz CT molecular complexity index is 814. The van der Waals surface area contributed by atoms with Gasteiger partial charge < -0.3 is 4.74 Å². The Hall–Kier alpha value is -1.86.